The summed E-state index contributed by atoms with van der Waals surface area (Å²) in [4.78, 5) is 18.0. The Kier molecular flexibility index (Phi) is 4.65. The number of aliphatic hydroxyl groups excluding tert-OH is 1. The van der Waals surface area contributed by atoms with Gasteiger partial charge in [-0.3, -0.25) is 4.57 Å². The molecule has 3 N–H and O–H groups in total. The van der Waals surface area contributed by atoms with E-state index in [9.17, 15) is 9.67 Å². The van der Waals surface area contributed by atoms with E-state index in [4.69, 9.17) is 19.3 Å². The maximum atomic E-state index is 11.1. The van der Waals surface area contributed by atoms with Crippen LogP contribution in [0.2, 0.25) is 0 Å². The van der Waals surface area contributed by atoms with Crippen molar-refractivity contribution < 1.29 is 28.9 Å². The van der Waals surface area contributed by atoms with Crippen LogP contribution in [0.1, 0.15) is 11.4 Å². The van der Waals surface area contributed by atoms with Crippen LogP contribution in [-0.2, 0) is 4.57 Å². The molecule has 0 radical (unpaired) electrons. The first-order chi connectivity index (χ1) is 9.90. The van der Waals surface area contributed by atoms with Crippen molar-refractivity contribution in [1.82, 2.24) is 0 Å². The molecule has 2 aromatic rings. The molecule has 1 unspecified atom stereocenters. The molecule has 2 aromatic carbocycles. The van der Waals surface area contributed by atoms with Gasteiger partial charge in [-0.15, -0.1) is 0 Å². The predicted octanol–water partition coefficient (Wildman–Crippen LogP) is 2.66. The van der Waals surface area contributed by atoms with Gasteiger partial charge >= 0.3 is 7.60 Å². The molecule has 0 heterocycles. The molecule has 0 fully saturated rings. The summed E-state index contributed by atoms with van der Waals surface area (Å²) >= 11 is 0. The van der Waals surface area contributed by atoms with Crippen molar-refractivity contribution >= 4 is 7.60 Å². The first-order valence-corrected chi connectivity index (χ1v) is 7.73. The van der Waals surface area contributed by atoms with Crippen LogP contribution in [0.25, 0.3) is 0 Å². The first-order valence-electron chi connectivity index (χ1n) is 6.05. The van der Waals surface area contributed by atoms with Gasteiger partial charge in [0.15, 0.2) is 5.85 Å². The van der Waals surface area contributed by atoms with Crippen molar-refractivity contribution in [1.29, 1.82) is 0 Å². The summed E-state index contributed by atoms with van der Waals surface area (Å²) in [5, 5.41) is 9.58. The molecule has 0 aliphatic rings. The van der Waals surface area contributed by atoms with Crippen LogP contribution in [0, 0.1) is 0 Å². The Bertz CT molecular complexity index is 649. The lowest BCUT2D eigenvalue weighted by Crippen LogP contribution is -1.98. The largest absolute Gasteiger partial charge is 0.497 e. The zero-order valence-electron chi connectivity index (χ0n) is 11.2. The Morgan fingerprint density at radius 1 is 1.00 bits per heavy atom. The second-order valence-electron chi connectivity index (χ2n) is 4.31. The molecule has 0 amide bonds. The van der Waals surface area contributed by atoms with Crippen LogP contribution in [-0.4, -0.2) is 22.0 Å². The van der Waals surface area contributed by atoms with E-state index in [1.54, 1.807) is 43.5 Å². The second-order valence-corrected chi connectivity index (χ2v) is 5.98. The topological polar surface area (TPSA) is 96.2 Å². The number of ether oxygens (including phenoxy) is 2. The van der Waals surface area contributed by atoms with Gasteiger partial charge in [0.25, 0.3) is 0 Å². The van der Waals surface area contributed by atoms with E-state index in [2.05, 4.69) is 0 Å². The van der Waals surface area contributed by atoms with Gasteiger partial charge in [-0.05, 0) is 42.0 Å². The van der Waals surface area contributed by atoms with E-state index in [-0.39, 0.29) is 5.56 Å². The molecule has 0 aliphatic heterocycles. The third kappa shape index (κ3) is 4.06. The molecule has 0 aromatic heterocycles. The highest BCUT2D eigenvalue weighted by Crippen LogP contribution is 2.50. The highest BCUT2D eigenvalue weighted by atomic mass is 31.2. The lowest BCUT2D eigenvalue weighted by Gasteiger charge is -2.14. The SMILES string of the molecule is COc1ccc(Oc2cccc(C(O)P(=O)(O)O)c2)cc1. The van der Waals surface area contributed by atoms with Gasteiger partial charge in [-0.2, -0.15) is 0 Å². The minimum atomic E-state index is -4.61. The molecule has 0 saturated heterocycles. The smallest absolute Gasteiger partial charge is 0.358 e. The molecule has 2 rings (SSSR count). The van der Waals surface area contributed by atoms with Crippen molar-refractivity contribution in [2.24, 2.45) is 0 Å². The monoisotopic (exact) mass is 310 g/mol. The Morgan fingerprint density at radius 3 is 2.19 bits per heavy atom. The lowest BCUT2D eigenvalue weighted by molar-refractivity contribution is 0.205. The minimum Gasteiger partial charge on any atom is -0.497 e. The fourth-order valence-corrected chi connectivity index (χ4v) is 2.26. The standard InChI is InChI=1S/C14H15O6P/c1-19-11-5-7-12(8-6-11)20-13-4-2-3-10(9-13)14(15)21(16,17)18/h2-9,14-15H,1H3,(H2,16,17,18). The molecule has 7 heteroatoms. The van der Waals surface area contributed by atoms with E-state index in [1.807, 2.05) is 0 Å². The van der Waals surface area contributed by atoms with Crippen molar-refractivity contribution in [2.75, 3.05) is 7.11 Å². The van der Waals surface area contributed by atoms with Gasteiger partial charge in [-0.25, -0.2) is 0 Å². The molecule has 0 spiro atoms. The van der Waals surface area contributed by atoms with Crippen LogP contribution in [0.3, 0.4) is 0 Å². The highest BCUT2D eigenvalue weighted by Gasteiger charge is 2.28. The first kappa shape index (κ1) is 15.5. The van der Waals surface area contributed by atoms with Gasteiger partial charge in [0.05, 0.1) is 7.11 Å². The minimum absolute atomic E-state index is 0.0920. The van der Waals surface area contributed by atoms with Gasteiger partial charge in [0.2, 0.25) is 0 Å². The predicted molar refractivity (Wildman–Crippen MR) is 76.5 cm³/mol. The van der Waals surface area contributed by atoms with Crippen LogP contribution in [0.4, 0.5) is 0 Å². The Balaban J connectivity index is 2.19. The Morgan fingerprint density at radius 2 is 1.62 bits per heavy atom. The van der Waals surface area contributed by atoms with Crippen LogP contribution in [0.15, 0.2) is 48.5 Å². The molecule has 1 atom stereocenters. The molecule has 0 bridgehead atoms. The van der Waals surface area contributed by atoms with Crippen LogP contribution < -0.4 is 9.47 Å². The van der Waals surface area contributed by atoms with E-state index in [1.165, 1.54) is 12.1 Å². The molecule has 112 valence electrons. The number of hydrogen-bond acceptors (Lipinski definition) is 4. The second kappa shape index (κ2) is 6.28. The number of benzene rings is 2. The van der Waals surface area contributed by atoms with E-state index in [0.29, 0.717) is 17.2 Å². The van der Waals surface area contributed by atoms with E-state index in [0.717, 1.165) is 0 Å². The zero-order chi connectivity index (χ0) is 15.5. The average molecular weight is 310 g/mol. The summed E-state index contributed by atoms with van der Waals surface area (Å²) in [6, 6.07) is 12.8. The van der Waals surface area contributed by atoms with Gasteiger partial charge in [0, 0.05) is 0 Å². The van der Waals surface area contributed by atoms with Crippen molar-refractivity contribution in [3.8, 4) is 17.2 Å². The van der Waals surface area contributed by atoms with Crippen molar-refractivity contribution in [3.63, 3.8) is 0 Å². The molecule has 21 heavy (non-hydrogen) atoms. The molecule has 6 nitrogen and oxygen atoms in total. The number of rotatable bonds is 5. The average Bonchev–Trinajstić information content (AvgIpc) is 2.46. The summed E-state index contributed by atoms with van der Waals surface area (Å²) in [5.41, 5.74) is 0.0920. The Labute approximate surface area is 121 Å². The normalized spacial score (nSPS) is 12.8. The van der Waals surface area contributed by atoms with Crippen molar-refractivity contribution in [3.05, 3.63) is 54.1 Å². The Hall–Kier alpha value is -1.85. The molecular formula is C14H15O6P. The number of aliphatic hydroxyl groups is 1. The maximum Gasteiger partial charge on any atom is 0.358 e. The summed E-state index contributed by atoms with van der Waals surface area (Å²) < 4.78 is 21.7. The van der Waals surface area contributed by atoms with Crippen LogP contribution in [0.5, 0.6) is 17.2 Å². The number of methoxy groups -OCH3 is 1. The molecular weight excluding hydrogens is 295 g/mol. The summed E-state index contributed by atoms with van der Waals surface area (Å²) in [6.07, 6.45) is 0. The fraction of sp³-hybridized carbons (Fsp3) is 0.143. The van der Waals surface area contributed by atoms with Crippen molar-refractivity contribution in [2.45, 2.75) is 5.85 Å². The van der Waals surface area contributed by atoms with Crippen LogP contribution >= 0.6 is 7.60 Å². The molecule has 0 aliphatic carbocycles. The van der Waals surface area contributed by atoms with Gasteiger partial charge in [-0.1, -0.05) is 12.1 Å². The number of hydrogen-bond donors (Lipinski definition) is 3. The highest BCUT2D eigenvalue weighted by molar-refractivity contribution is 7.51. The maximum absolute atomic E-state index is 11.1. The van der Waals surface area contributed by atoms with E-state index >= 15 is 0 Å². The van der Waals surface area contributed by atoms with Gasteiger partial charge in [0.1, 0.15) is 17.2 Å². The summed E-state index contributed by atoms with van der Waals surface area (Å²) in [6.45, 7) is 0. The van der Waals surface area contributed by atoms with Gasteiger partial charge < -0.3 is 24.4 Å². The zero-order valence-corrected chi connectivity index (χ0v) is 12.1. The molecule has 0 saturated carbocycles. The fourth-order valence-electron chi connectivity index (χ4n) is 1.71. The lowest BCUT2D eigenvalue weighted by atomic mass is 10.2. The summed E-state index contributed by atoms with van der Waals surface area (Å²) in [7, 11) is -3.05. The third-order valence-electron chi connectivity index (χ3n) is 2.77. The summed E-state index contributed by atoms with van der Waals surface area (Å²) in [5.74, 6) is -0.270. The third-order valence-corrected chi connectivity index (χ3v) is 3.71. The quantitative estimate of drug-likeness (QED) is 0.735. The van der Waals surface area contributed by atoms with E-state index < -0.39 is 13.4 Å².